The van der Waals surface area contributed by atoms with Gasteiger partial charge in [-0.3, -0.25) is 4.79 Å². The summed E-state index contributed by atoms with van der Waals surface area (Å²) in [7, 11) is 0. The molecule has 0 aromatic heterocycles. The van der Waals surface area contributed by atoms with Gasteiger partial charge in [-0.2, -0.15) is 0 Å². The molecule has 3 rings (SSSR count). The van der Waals surface area contributed by atoms with Gasteiger partial charge in [0.15, 0.2) is 11.5 Å². The fraction of sp³-hybridized carbons (Fsp3) is 0.450. The summed E-state index contributed by atoms with van der Waals surface area (Å²) in [6.45, 7) is 5.20. The van der Waals surface area contributed by atoms with E-state index in [-0.39, 0.29) is 30.5 Å². The molecular formula is C20H24BrNO8. The molecule has 6 atom stereocenters. The molecule has 1 aliphatic carbocycles. The van der Waals surface area contributed by atoms with Crippen molar-refractivity contribution in [1.29, 1.82) is 0 Å². The van der Waals surface area contributed by atoms with E-state index in [4.69, 9.17) is 14.2 Å². The quantitative estimate of drug-likeness (QED) is 0.289. The smallest absolute Gasteiger partial charge is 0.247 e. The number of hydrogen-bond acceptors (Lipinski definition) is 8. The molecule has 9 nitrogen and oxygen atoms in total. The lowest BCUT2D eigenvalue weighted by molar-refractivity contribution is -0.155. The van der Waals surface area contributed by atoms with Crippen molar-refractivity contribution in [2.45, 2.75) is 43.5 Å². The molecule has 1 aromatic rings. The highest BCUT2D eigenvalue weighted by molar-refractivity contribution is 9.10. The maximum atomic E-state index is 12.6. The molecule has 2 aliphatic rings. The van der Waals surface area contributed by atoms with Gasteiger partial charge in [0.05, 0.1) is 10.5 Å². The van der Waals surface area contributed by atoms with Gasteiger partial charge in [-0.05, 0) is 46.6 Å². The maximum Gasteiger partial charge on any atom is 0.247 e. The van der Waals surface area contributed by atoms with Crippen molar-refractivity contribution >= 4 is 27.9 Å². The van der Waals surface area contributed by atoms with Gasteiger partial charge < -0.3 is 40.0 Å². The van der Waals surface area contributed by atoms with Crippen LogP contribution in [0.1, 0.15) is 12.5 Å². The van der Waals surface area contributed by atoms with Crippen LogP contribution in [-0.2, 0) is 14.3 Å². The Morgan fingerprint density at radius 3 is 2.57 bits per heavy atom. The number of ether oxygens (including phenoxy) is 3. The van der Waals surface area contributed by atoms with Gasteiger partial charge in [0.2, 0.25) is 5.91 Å². The standard InChI is InChI=1S/C20H24BrNO8/c1-3-4-28-17-11(21)6-10(7-12(17)23)5-9(2)20(27)22-13-14(24)16(26)19-18(15(13)25)29-8-30-19/h3,5-7,13-16,18-19,23-26H,1,4,8H2,2H3,(H,22,27)/b9-5-/t13-,14+,15-,16-,18+,19-/m1/s1. The molecule has 0 radical (unpaired) electrons. The number of amides is 1. The number of rotatable bonds is 6. The summed E-state index contributed by atoms with van der Waals surface area (Å²) in [6.07, 6.45) is -2.65. The number of aromatic hydroxyl groups is 1. The van der Waals surface area contributed by atoms with Crippen molar-refractivity contribution in [2.75, 3.05) is 13.4 Å². The number of fused-ring (bicyclic) bond motifs is 1. The van der Waals surface area contributed by atoms with E-state index in [1.54, 1.807) is 19.1 Å². The summed E-state index contributed by atoms with van der Waals surface area (Å²) in [5, 5.41) is 43.6. The van der Waals surface area contributed by atoms with Gasteiger partial charge in [-0.1, -0.05) is 12.7 Å². The second-order valence-corrected chi connectivity index (χ2v) is 7.98. The van der Waals surface area contributed by atoms with Crippen LogP contribution in [0.2, 0.25) is 0 Å². The number of hydrogen-bond donors (Lipinski definition) is 5. The van der Waals surface area contributed by atoms with Crippen LogP contribution in [0.15, 0.2) is 34.8 Å². The number of phenols is 1. The van der Waals surface area contributed by atoms with Gasteiger partial charge in [-0.15, -0.1) is 0 Å². The van der Waals surface area contributed by atoms with Crippen molar-refractivity contribution in [3.8, 4) is 11.5 Å². The first-order valence-corrected chi connectivity index (χ1v) is 10.1. The molecule has 0 spiro atoms. The molecule has 0 unspecified atom stereocenters. The molecule has 1 aliphatic heterocycles. The first kappa shape index (κ1) is 22.7. The lowest BCUT2D eigenvalue weighted by atomic mass is 9.83. The highest BCUT2D eigenvalue weighted by Gasteiger charge is 2.53. The molecule has 5 N–H and O–H groups in total. The van der Waals surface area contributed by atoms with Gasteiger partial charge in [-0.25, -0.2) is 0 Å². The number of nitrogens with one attached hydrogen (secondary N) is 1. The molecule has 164 valence electrons. The van der Waals surface area contributed by atoms with Crippen molar-refractivity contribution in [3.63, 3.8) is 0 Å². The minimum absolute atomic E-state index is 0.110. The Hall–Kier alpha value is -1.95. The van der Waals surface area contributed by atoms with Gasteiger partial charge in [0.1, 0.15) is 43.9 Å². The fourth-order valence-corrected chi connectivity index (χ4v) is 4.09. The molecule has 10 heteroatoms. The third kappa shape index (κ3) is 4.53. The SMILES string of the molecule is C=CCOc1c(O)cc(/C=C(/C)C(=O)N[C@@H]2[C@H](O)[C@@H](O)[C@H]3OCO[C@H]3[C@@H]2O)cc1Br. The van der Waals surface area contributed by atoms with E-state index in [0.29, 0.717) is 10.0 Å². The van der Waals surface area contributed by atoms with Gasteiger partial charge >= 0.3 is 0 Å². The molecule has 2 fully saturated rings. The molecule has 1 heterocycles. The van der Waals surface area contributed by atoms with Crippen LogP contribution in [0.5, 0.6) is 11.5 Å². The zero-order valence-electron chi connectivity index (χ0n) is 16.2. The van der Waals surface area contributed by atoms with Crippen molar-refractivity contribution < 1.29 is 39.4 Å². The van der Waals surface area contributed by atoms with Crippen LogP contribution < -0.4 is 10.1 Å². The van der Waals surface area contributed by atoms with Crippen LogP contribution in [-0.4, -0.2) is 76.3 Å². The van der Waals surface area contributed by atoms with E-state index in [9.17, 15) is 25.2 Å². The van der Waals surface area contributed by atoms with Gasteiger partial charge in [0.25, 0.3) is 0 Å². The summed E-state index contributed by atoms with van der Waals surface area (Å²) in [5.41, 5.74) is 0.774. The molecule has 1 amide bonds. The molecule has 0 bridgehead atoms. The maximum absolute atomic E-state index is 12.6. The number of carbonyl (C=O) groups is 1. The number of carbonyl (C=O) groups excluding carboxylic acids is 1. The van der Waals surface area contributed by atoms with E-state index in [1.165, 1.54) is 12.1 Å². The Balaban J connectivity index is 1.74. The van der Waals surface area contributed by atoms with Crippen LogP contribution in [0, 0.1) is 0 Å². The number of benzene rings is 1. The van der Waals surface area contributed by atoms with Crippen molar-refractivity contribution in [1.82, 2.24) is 5.32 Å². The normalized spacial score (nSPS) is 31.2. The van der Waals surface area contributed by atoms with Gasteiger partial charge in [0, 0.05) is 5.57 Å². The van der Waals surface area contributed by atoms with E-state index in [0.717, 1.165) is 0 Å². The average molecular weight is 486 g/mol. The van der Waals surface area contributed by atoms with Crippen LogP contribution >= 0.6 is 15.9 Å². The van der Waals surface area contributed by atoms with Crippen LogP contribution in [0.4, 0.5) is 0 Å². The fourth-order valence-electron chi connectivity index (χ4n) is 3.50. The Kier molecular flexibility index (Phi) is 7.17. The molecule has 1 saturated carbocycles. The number of halogens is 1. The molecule has 1 saturated heterocycles. The third-order valence-corrected chi connectivity index (χ3v) is 5.62. The predicted molar refractivity (Wildman–Crippen MR) is 110 cm³/mol. The first-order chi connectivity index (χ1) is 14.2. The monoisotopic (exact) mass is 485 g/mol. The number of aliphatic hydroxyl groups is 3. The van der Waals surface area contributed by atoms with Crippen LogP contribution in [0.25, 0.3) is 6.08 Å². The number of aliphatic hydroxyl groups excluding tert-OH is 3. The lowest BCUT2D eigenvalue weighted by Gasteiger charge is -2.41. The summed E-state index contributed by atoms with van der Waals surface area (Å²) in [6, 6.07) is 1.95. The summed E-state index contributed by atoms with van der Waals surface area (Å²) < 4.78 is 16.3. The first-order valence-electron chi connectivity index (χ1n) is 9.27. The third-order valence-electron chi connectivity index (χ3n) is 5.03. The van der Waals surface area contributed by atoms with E-state index < -0.39 is 42.5 Å². The molecular weight excluding hydrogens is 462 g/mol. The predicted octanol–water partition coefficient (Wildman–Crippen LogP) is 0.445. The lowest BCUT2D eigenvalue weighted by Crippen LogP contribution is -2.67. The van der Waals surface area contributed by atoms with Crippen molar-refractivity contribution in [2.24, 2.45) is 0 Å². The van der Waals surface area contributed by atoms with E-state index >= 15 is 0 Å². The summed E-state index contributed by atoms with van der Waals surface area (Å²) in [4.78, 5) is 12.6. The molecule has 30 heavy (non-hydrogen) atoms. The Morgan fingerprint density at radius 1 is 1.27 bits per heavy atom. The second kappa shape index (κ2) is 9.46. The highest BCUT2D eigenvalue weighted by Crippen LogP contribution is 2.36. The average Bonchev–Trinajstić information content (AvgIpc) is 3.19. The van der Waals surface area contributed by atoms with E-state index in [1.807, 2.05) is 0 Å². The zero-order chi connectivity index (χ0) is 22.0. The second-order valence-electron chi connectivity index (χ2n) is 7.13. The van der Waals surface area contributed by atoms with Crippen LogP contribution in [0.3, 0.4) is 0 Å². The zero-order valence-corrected chi connectivity index (χ0v) is 17.8. The number of phenolic OH excluding ortho intramolecular Hbond substituents is 1. The Bertz CT molecular complexity index is 821. The van der Waals surface area contributed by atoms with Crippen molar-refractivity contribution in [3.05, 3.63) is 40.4 Å². The summed E-state index contributed by atoms with van der Waals surface area (Å²) in [5.74, 6) is -0.424. The minimum atomic E-state index is -1.43. The Labute approximate surface area is 181 Å². The van der Waals surface area contributed by atoms with E-state index in [2.05, 4.69) is 27.8 Å². The largest absolute Gasteiger partial charge is 0.504 e. The topological polar surface area (TPSA) is 138 Å². The molecule has 1 aromatic carbocycles. The summed E-state index contributed by atoms with van der Waals surface area (Å²) >= 11 is 3.31. The highest BCUT2D eigenvalue weighted by atomic mass is 79.9. The minimum Gasteiger partial charge on any atom is -0.504 e. The Morgan fingerprint density at radius 2 is 1.93 bits per heavy atom.